The Hall–Kier alpha value is -0.260. The van der Waals surface area contributed by atoms with Gasteiger partial charge in [0.25, 0.3) is 0 Å². The summed E-state index contributed by atoms with van der Waals surface area (Å²) in [6.45, 7) is 8.27. The molecule has 0 saturated heterocycles. The fourth-order valence-corrected chi connectivity index (χ4v) is 0.998. The van der Waals surface area contributed by atoms with E-state index in [2.05, 4.69) is 32.9 Å². The van der Waals surface area contributed by atoms with E-state index >= 15 is 0 Å². The van der Waals surface area contributed by atoms with Crippen molar-refractivity contribution in [3.8, 4) is 0 Å². The van der Waals surface area contributed by atoms with Crippen LogP contribution in [0.3, 0.4) is 0 Å². The minimum Gasteiger partial charge on any atom is -0.0883 e. The van der Waals surface area contributed by atoms with Gasteiger partial charge in [0.2, 0.25) is 0 Å². The van der Waals surface area contributed by atoms with Crippen LogP contribution in [0.1, 0.15) is 39.5 Å². The molecule has 10 heavy (non-hydrogen) atoms. The van der Waals surface area contributed by atoms with Gasteiger partial charge in [0, 0.05) is 0 Å². The molecule has 0 aromatic carbocycles. The topological polar surface area (TPSA) is 0 Å². The van der Waals surface area contributed by atoms with Crippen molar-refractivity contribution in [3.63, 3.8) is 0 Å². The molecule has 0 bridgehead atoms. The minimum atomic E-state index is 0.761. The second-order valence-corrected chi connectivity index (χ2v) is 2.84. The van der Waals surface area contributed by atoms with Gasteiger partial charge in [0.05, 0.1) is 0 Å². The summed E-state index contributed by atoms with van der Waals surface area (Å²) in [6, 6.07) is 0. The zero-order chi connectivity index (χ0) is 7.82. The first-order chi connectivity index (χ1) is 4.81. The van der Waals surface area contributed by atoms with Crippen LogP contribution in [0.15, 0.2) is 12.2 Å². The molecule has 1 radical (unpaired) electrons. The minimum absolute atomic E-state index is 0.761. The van der Waals surface area contributed by atoms with Crippen LogP contribution in [-0.4, -0.2) is 0 Å². The fourth-order valence-electron chi connectivity index (χ4n) is 0.998. The van der Waals surface area contributed by atoms with Crippen LogP contribution >= 0.6 is 0 Å². The van der Waals surface area contributed by atoms with Crippen LogP contribution in [0, 0.1) is 12.8 Å². The predicted octanol–water partition coefficient (Wildman–Crippen LogP) is 3.59. The highest BCUT2D eigenvalue weighted by molar-refractivity contribution is 4.86. The SMILES string of the molecule is [CH2]CC/C=C/C(C)CCC. The second-order valence-electron chi connectivity index (χ2n) is 2.84. The van der Waals surface area contributed by atoms with Gasteiger partial charge in [-0.3, -0.25) is 0 Å². The molecule has 0 aromatic rings. The molecule has 0 spiro atoms. The van der Waals surface area contributed by atoms with Crippen molar-refractivity contribution in [2.75, 3.05) is 0 Å². The highest BCUT2D eigenvalue weighted by Gasteiger charge is 1.91. The van der Waals surface area contributed by atoms with Crippen LogP contribution in [0.25, 0.3) is 0 Å². The number of allylic oxidation sites excluding steroid dienone is 2. The summed E-state index contributed by atoms with van der Waals surface area (Å²) < 4.78 is 0. The Morgan fingerprint density at radius 1 is 1.50 bits per heavy atom. The van der Waals surface area contributed by atoms with E-state index in [1.807, 2.05) is 0 Å². The van der Waals surface area contributed by atoms with Crippen molar-refractivity contribution in [2.24, 2.45) is 5.92 Å². The molecule has 0 heterocycles. The van der Waals surface area contributed by atoms with Gasteiger partial charge in [-0.25, -0.2) is 0 Å². The largest absolute Gasteiger partial charge is 0.0883 e. The van der Waals surface area contributed by atoms with E-state index in [9.17, 15) is 0 Å². The summed E-state index contributed by atoms with van der Waals surface area (Å²) >= 11 is 0. The average molecular weight is 139 g/mol. The number of rotatable bonds is 5. The van der Waals surface area contributed by atoms with Gasteiger partial charge in [-0.2, -0.15) is 0 Å². The second kappa shape index (κ2) is 6.85. The standard InChI is InChI=1S/C10H19/c1-4-6-7-9-10(3)8-5-2/h7,9-10H,1,4-6,8H2,2-3H3/b9-7+. The zero-order valence-electron chi connectivity index (χ0n) is 7.27. The summed E-state index contributed by atoms with van der Waals surface area (Å²) in [5.74, 6) is 0.761. The fraction of sp³-hybridized carbons (Fsp3) is 0.700. The smallest absolute Gasteiger partial charge is 0.0262 e. The Morgan fingerprint density at radius 2 is 2.20 bits per heavy atom. The van der Waals surface area contributed by atoms with Gasteiger partial charge < -0.3 is 0 Å². The molecule has 0 fully saturated rings. The lowest BCUT2D eigenvalue weighted by Gasteiger charge is -2.01. The van der Waals surface area contributed by atoms with Gasteiger partial charge in [-0.05, 0) is 25.2 Å². The molecule has 0 aliphatic rings. The highest BCUT2D eigenvalue weighted by Crippen LogP contribution is 2.06. The molecule has 1 atom stereocenters. The molecule has 59 valence electrons. The summed E-state index contributed by atoms with van der Waals surface area (Å²) in [7, 11) is 0. The van der Waals surface area contributed by atoms with E-state index in [1.54, 1.807) is 0 Å². The molecule has 0 N–H and O–H groups in total. The van der Waals surface area contributed by atoms with Crippen LogP contribution < -0.4 is 0 Å². The maximum Gasteiger partial charge on any atom is -0.0262 e. The van der Waals surface area contributed by atoms with Crippen molar-refractivity contribution >= 4 is 0 Å². The molecular formula is C10H19. The number of hydrogen-bond donors (Lipinski definition) is 0. The highest BCUT2D eigenvalue weighted by atomic mass is 14.0. The van der Waals surface area contributed by atoms with Gasteiger partial charge >= 0.3 is 0 Å². The predicted molar refractivity (Wildman–Crippen MR) is 47.8 cm³/mol. The first-order valence-corrected chi connectivity index (χ1v) is 4.27. The molecule has 0 aliphatic carbocycles. The van der Waals surface area contributed by atoms with Crippen LogP contribution in [0.4, 0.5) is 0 Å². The Morgan fingerprint density at radius 3 is 2.70 bits per heavy atom. The van der Waals surface area contributed by atoms with Gasteiger partial charge in [0.1, 0.15) is 0 Å². The van der Waals surface area contributed by atoms with E-state index in [0.717, 1.165) is 18.8 Å². The molecule has 0 aliphatic heterocycles. The zero-order valence-corrected chi connectivity index (χ0v) is 7.27. The number of unbranched alkanes of at least 4 members (excludes halogenated alkanes) is 1. The van der Waals surface area contributed by atoms with E-state index in [4.69, 9.17) is 0 Å². The molecule has 0 saturated carbocycles. The average Bonchev–Trinajstić information content (AvgIpc) is 1.89. The number of hydrogen-bond acceptors (Lipinski definition) is 0. The third kappa shape index (κ3) is 5.87. The van der Waals surface area contributed by atoms with E-state index < -0.39 is 0 Å². The molecule has 1 unspecified atom stereocenters. The van der Waals surface area contributed by atoms with Crippen molar-refractivity contribution in [1.29, 1.82) is 0 Å². The van der Waals surface area contributed by atoms with Crippen LogP contribution in [0.5, 0.6) is 0 Å². The Bertz CT molecular complexity index is 82.0. The van der Waals surface area contributed by atoms with Gasteiger partial charge in [0.15, 0.2) is 0 Å². The first kappa shape index (κ1) is 9.74. The summed E-state index contributed by atoms with van der Waals surface area (Å²) in [5.41, 5.74) is 0. The lowest BCUT2D eigenvalue weighted by atomic mass is 10.1. The van der Waals surface area contributed by atoms with E-state index in [1.165, 1.54) is 12.8 Å². The maximum atomic E-state index is 3.78. The Kier molecular flexibility index (Phi) is 6.68. The molecule has 0 nitrogen and oxygen atoms in total. The molecular weight excluding hydrogens is 120 g/mol. The van der Waals surface area contributed by atoms with Crippen molar-refractivity contribution in [1.82, 2.24) is 0 Å². The van der Waals surface area contributed by atoms with Crippen molar-refractivity contribution in [2.45, 2.75) is 39.5 Å². The van der Waals surface area contributed by atoms with Gasteiger partial charge in [-0.1, -0.05) is 39.3 Å². The third-order valence-electron chi connectivity index (χ3n) is 1.58. The van der Waals surface area contributed by atoms with Crippen LogP contribution in [0.2, 0.25) is 0 Å². The maximum absolute atomic E-state index is 3.78. The van der Waals surface area contributed by atoms with Crippen LogP contribution in [-0.2, 0) is 0 Å². The van der Waals surface area contributed by atoms with Crippen molar-refractivity contribution < 1.29 is 0 Å². The normalized spacial score (nSPS) is 14.3. The van der Waals surface area contributed by atoms with Crippen molar-refractivity contribution in [3.05, 3.63) is 19.1 Å². The quantitative estimate of drug-likeness (QED) is 0.510. The van der Waals surface area contributed by atoms with E-state index in [0.29, 0.717) is 0 Å². The molecule has 0 aromatic heterocycles. The lowest BCUT2D eigenvalue weighted by molar-refractivity contribution is 0.632. The first-order valence-electron chi connectivity index (χ1n) is 4.27. The Balaban J connectivity index is 3.26. The summed E-state index contributed by atoms with van der Waals surface area (Å²) in [4.78, 5) is 0. The lowest BCUT2D eigenvalue weighted by Crippen LogP contribution is -1.86. The Labute approximate surface area is 65.3 Å². The third-order valence-corrected chi connectivity index (χ3v) is 1.58. The van der Waals surface area contributed by atoms with Gasteiger partial charge in [-0.15, -0.1) is 0 Å². The monoisotopic (exact) mass is 139 g/mol. The molecule has 0 amide bonds. The summed E-state index contributed by atoms with van der Waals surface area (Å²) in [6.07, 6.45) is 9.30. The summed E-state index contributed by atoms with van der Waals surface area (Å²) in [5, 5.41) is 0. The molecule has 0 heteroatoms. The van der Waals surface area contributed by atoms with E-state index in [-0.39, 0.29) is 0 Å². The molecule has 0 rings (SSSR count).